The van der Waals surface area contributed by atoms with Crippen LogP contribution in [0.1, 0.15) is 27.7 Å². The number of thioether (sulfide) groups is 1. The fraction of sp³-hybridized carbons (Fsp3) is 0.400. The molecule has 6 heteroatoms. The van der Waals surface area contributed by atoms with E-state index >= 15 is 0 Å². The molecule has 5 nitrogen and oxygen atoms in total. The van der Waals surface area contributed by atoms with E-state index in [1.54, 1.807) is 6.33 Å². The van der Waals surface area contributed by atoms with Crippen LogP contribution in [0.2, 0.25) is 0 Å². The second-order valence-electron chi connectivity index (χ2n) is 5.82. The number of carbonyl (C=O) groups excluding carboxylic acids is 1. The molecule has 0 radical (unpaired) electrons. The largest absolute Gasteiger partial charge is 0.351 e. The zero-order valence-corrected chi connectivity index (χ0v) is 13.5. The molecule has 0 aliphatic heterocycles. The number of rotatable bonds is 4. The molecule has 0 fully saturated rings. The molecular formula is C15H20N4OS. The molecule has 2 aromatic rings. The lowest BCUT2D eigenvalue weighted by atomic mass is 10.1. The van der Waals surface area contributed by atoms with Gasteiger partial charge in [0.25, 0.3) is 0 Å². The predicted octanol–water partition coefficient (Wildman–Crippen LogP) is 2.66. The van der Waals surface area contributed by atoms with Crippen LogP contribution in [0.15, 0.2) is 41.8 Å². The average Bonchev–Trinajstić information content (AvgIpc) is 2.86. The minimum atomic E-state index is -0.240. The van der Waals surface area contributed by atoms with E-state index in [1.165, 1.54) is 11.8 Å². The molecule has 21 heavy (non-hydrogen) atoms. The van der Waals surface area contributed by atoms with E-state index in [2.05, 4.69) is 15.5 Å². The van der Waals surface area contributed by atoms with Crippen molar-refractivity contribution in [2.24, 2.45) is 0 Å². The maximum Gasteiger partial charge on any atom is 0.233 e. The Morgan fingerprint density at radius 1 is 1.29 bits per heavy atom. The minimum Gasteiger partial charge on any atom is -0.351 e. The number of hydrogen-bond donors (Lipinski definition) is 1. The van der Waals surface area contributed by atoms with Gasteiger partial charge in [0.1, 0.15) is 6.33 Å². The molecule has 1 N–H and O–H groups in total. The third-order valence-corrected chi connectivity index (χ3v) is 3.76. The molecule has 0 bridgehead atoms. The Balaban J connectivity index is 2.11. The smallest absolute Gasteiger partial charge is 0.233 e. The number of hydrogen-bond acceptors (Lipinski definition) is 4. The van der Waals surface area contributed by atoms with Crippen LogP contribution in [0.25, 0.3) is 5.69 Å². The predicted molar refractivity (Wildman–Crippen MR) is 84.6 cm³/mol. The van der Waals surface area contributed by atoms with Crippen molar-refractivity contribution in [1.82, 2.24) is 20.1 Å². The van der Waals surface area contributed by atoms with Gasteiger partial charge in [-0.3, -0.25) is 9.36 Å². The summed E-state index contributed by atoms with van der Waals surface area (Å²) in [6.45, 7) is 7.77. The third kappa shape index (κ3) is 4.32. The van der Waals surface area contributed by atoms with Crippen LogP contribution in [0, 0.1) is 0 Å². The lowest BCUT2D eigenvalue weighted by Gasteiger charge is -2.22. The molecule has 1 aromatic heterocycles. The summed E-state index contributed by atoms with van der Waals surface area (Å²) in [6.07, 6.45) is 1.66. The number of benzene rings is 1. The van der Waals surface area contributed by atoms with Gasteiger partial charge in [-0.2, -0.15) is 0 Å². The van der Waals surface area contributed by atoms with E-state index in [-0.39, 0.29) is 16.7 Å². The highest BCUT2D eigenvalue weighted by molar-refractivity contribution is 8.00. The van der Waals surface area contributed by atoms with Crippen LogP contribution in [0.5, 0.6) is 0 Å². The lowest BCUT2D eigenvalue weighted by molar-refractivity contribution is -0.121. The molecule has 112 valence electrons. The molecule has 0 spiro atoms. The number of para-hydroxylation sites is 1. The van der Waals surface area contributed by atoms with Crippen molar-refractivity contribution in [3.63, 3.8) is 0 Å². The van der Waals surface area contributed by atoms with E-state index in [1.807, 2.05) is 62.6 Å². The van der Waals surface area contributed by atoms with E-state index in [0.29, 0.717) is 5.16 Å². The summed E-state index contributed by atoms with van der Waals surface area (Å²) in [4.78, 5) is 12.1. The average molecular weight is 304 g/mol. The highest BCUT2D eigenvalue weighted by Gasteiger charge is 2.22. The van der Waals surface area contributed by atoms with Crippen molar-refractivity contribution in [3.8, 4) is 5.69 Å². The molecule has 0 aliphatic rings. The first-order valence-corrected chi connectivity index (χ1v) is 7.69. The quantitative estimate of drug-likeness (QED) is 0.882. The molecule has 1 amide bonds. The van der Waals surface area contributed by atoms with Gasteiger partial charge < -0.3 is 5.32 Å². The van der Waals surface area contributed by atoms with Gasteiger partial charge in [-0.1, -0.05) is 30.0 Å². The van der Waals surface area contributed by atoms with Crippen LogP contribution in [0.4, 0.5) is 0 Å². The first-order chi connectivity index (χ1) is 9.87. The van der Waals surface area contributed by atoms with E-state index < -0.39 is 0 Å². The van der Waals surface area contributed by atoms with Gasteiger partial charge in [0.05, 0.1) is 5.25 Å². The van der Waals surface area contributed by atoms with Gasteiger partial charge in [0, 0.05) is 11.2 Å². The molecule has 0 saturated carbocycles. The molecular weight excluding hydrogens is 284 g/mol. The van der Waals surface area contributed by atoms with Crippen molar-refractivity contribution in [3.05, 3.63) is 36.7 Å². The maximum absolute atomic E-state index is 12.1. The Bertz CT molecular complexity index is 604. The Kier molecular flexibility index (Phi) is 4.67. The van der Waals surface area contributed by atoms with Crippen molar-refractivity contribution < 1.29 is 4.79 Å². The number of nitrogens with one attached hydrogen (secondary N) is 1. The zero-order valence-electron chi connectivity index (χ0n) is 12.7. The molecule has 1 aromatic carbocycles. The summed E-state index contributed by atoms with van der Waals surface area (Å²) in [5, 5.41) is 11.5. The van der Waals surface area contributed by atoms with Crippen LogP contribution >= 0.6 is 11.8 Å². The summed E-state index contributed by atoms with van der Waals surface area (Å²) in [6, 6.07) is 9.83. The van der Waals surface area contributed by atoms with Gasteiger partial charge in [-0.15, -0.1) is 10.2 Å². The standard InChI is InChI=1S/C15H20N4OS/c1-11(13(20)17-15(2,3)4)21-14-18-16-10-19(14)12-8-6-5-7-9-12/h5-11H,1-4H3,(H,17,20). The molecule has 2 rings (SSSR count). The number of amides is 1. The van der Waals surface area contributed by atoms with E-state index in [9.17, 15) is 4.79 Å². The fourth-order valence-electron chi connectivity index (χ4n) is 1.75. The van der Waals surface area contributed by atoms with E-state index in [4.69, 9.17) is 0 Å². The van der Waals surface area contributed by atoms with Crippen LogP contribution in [0.3, 0.4) is 0 Å². The van der Waals surface area contributed by atoms with Crippen LogP contribution < -0.4 is 5.32 Å². The number of aromatic nitrogens is 3. The number of nitrogens with zero attached hydrogens (tertiary/aromatic N) is 3. The SMILES string of the molecule is CC(Sc1nncn1-c1ccccc1)C(=O)NC(C)(C)C. The summed E-state index contributed by atoms with van der Waals surface area (Å²) in [5.74, 6) is -0.00453. The highest BCUT2D eigenvalue weighted by atomic mass is 32.2. The maximum atomic E-state index is 12.1. The first-order valence-electron chi connectivity index (χ1n) is 6.81. The van der Waals surface area contributed by atoms with Gasteiger partial charge in [0.2, 0.25) is 5.91 Å². The fourth-order valence-corrected chi connectivity index (χ4v) is 2.60. The van der Waals surface area contributed by atoms with Crippen molar-refractivity contribution in [2.75, 3.05) is 0 Å². The summed E-state index contributed by atoms with van der Waals surface area (Å²) in [7, 11) is 0. The summed E-state index contributed by atoms with van der Waals surface area (Å²) < 4.78 is 1.88. The monoisotopic (exact) mass is 304 g/mol. The molecule has 0 saturated heterocycles. The molecule has 1 unspecified atom stereocenters. The van der Waals surface area contributed by atoms with Crippen LogP contribution in [-0.4, -0.2) is 31.5 Å². The Morgan fingerprint density at radius 3 is 2.57 bits per heavy atom. The van der Waals surface area contributed by atoms with Crippen molar-refractivity contribution in [2.45, 2.75) is 43.6 Å². The molecule has 1 atom stereocenters. The summed E-state index contributed by atoms with van der Waals surface area (Å²) in [5.41, 5.74) is 0.743. The Hall–Kier alpha value is -1.82. The second-order valence-corrected chi connectivity index (χ2v) is 7.13. The van der Waals surface area contributed by atoms with Gasteiger partial charge in [-0.05, 0) is 39.8 Å². The van der Waals surface area contributed by atoms with Crippen molar-refractivity contribution in [1.29, 1.82) is 0 Å². The lowest BCUT2D eigenvalue weighted by Crippen LogP contribution is -2.44. The number of carbonyl (C=O) groups is 1. The van der Waals surface area contributed by atoms with Gasteiger partial charge in [-0.25, -0.2) is 0 Å². The topological polar surface area (TPSA) is 59.8 Å². The molecule has 1 heterocycles. The Morgan fingerprint density at radius 2 is 1.95 bits per heavy atom. The van der Waals surface area contributed by atoms with Crippen LogP contribution in [-0.2, 0) is 4.79 Å². The van der Waals surface area contributed by atoms with Gasteiger partial charge >= 0.3 is 0 Å². The highest BCUT2D eigenvalue weighted by Crippen LogP contribution is 2.24. The zero-order chi connectivity index (χ0) is 15.5. The van der Waals surface area contributed by atoms with E-state index in [0.717, 1.165) is 5.69 Å². The Labute approximate surface area is 129 Å². The minimum absolute atomic E-state index is 0.00453. The van der Waals surface area contributed by atoms with Crippen molar-refractivity contribution >= 4 is 17.7 Å². The molecule has 0 aliphatic carbocycles. The second kappa shape index (κ2) is 6.30. The van der Waals surface area contributed by atoms with Gasteiger partial charge in [0.15, 0.2) is 5.16 Å². The summed E-state index contributed by atoms with van der Waals surface area (Å²) >= 11 is 1.40. The first kappa shape index (κ1) is 15.6. The normalized spacial score (nSPS) is 13.0. The third-order valence-electron chi connectivity index (χ3n) is 2.70.